The van der Waals surface area contributed by atoms with Crippen LogP contribution in [-0.4, -0.2) is 18.4 Å². The zero-order chi connectivity index (χ0) is 25.6. The molecule has 2 aromatic rings. The first-order chi connectivity index (χ1) is 17.2. The van der Waals surface area contributed by atoms with Crippen molar-refractivity contribution in [1.82, 2.24) is 0 Å². The van der Waals surface area contributed by atoms with Gasteiger partial charge in [0.25, 0.3) is 0 Å². The monoisotopic (exact) mass is 626 g/mol. The summed E-state index contributed by atoms with van der Waals surface area (Å²) in [5.41, 5.74) is 0. The summed E-state index contributed by atoms with van der Waals surface area (Å²) in [6.07, 6.45) is 22.3. The third-order valence-electron chi connectivity index (χ3n) is 7.34. The summed E-state index contributed by atoms with van der Waals surface area (Å²) >= 11 is 1.99. The third-order valence-corrected chi connectivity index (χ3v) is 27.7. The van der Waals surface area contributed by atoms with Crippen LogP contribution in [0.2, 0.25) is 13.3 Å². The van der Waals surface area contributed by atoms with Gasteiger partial charge in [0.05, 0.1) is 0 Å². The quantitative estimate of drug-likeness (QED) is 0.101. The van der Waals surface area contributed by atoms with Gasteiger partial charge in [0, 0.05) is 4.88 Å². The Bertz CT molecular complexity index is 666. The molecule has 0 fully saturated rings. The minimum atomic E-state index is -2.14. The number of thiophene rings is 2. The van der Waals surface area contributed by atoms with E-state index in [0.29, 0.717) is 0 Å². The summed E-state index contributed by atoms with van der Waals surface area (Å²) in [7, 11) is 0. The number of rotatable bonds is 20. The number of unbranched alkanes of at least 4 members (excludes halogenated alkanes) is 9. The molecule has 0 aliphatic carbocycles. The Labute approximate surface area is 232 Å². The van der Waals surface area contributed by atoms with Crippen LogP contribution in [0.3, 0.4) is 0 Å². The smallest absolute Gasteiger partial charge is 0.00452 e. The molecular weight excluding hydrogens is 567 g/mol. The molecule has 2 heterocycles. The molecule has 0 aliphatic rings. The van der Waals surface area contributed by atoms with Crippen LogP contribution < -0.4 is 2.89 Å². The SMILES string of the molecule is CCCCCCc1cc[c]([Sn]([CH2]CCC)([CH2]CCC)[CH2]CCC)s1.CCCCCCc1cccs1. The van der Waals surface area contributed by atoms with E-state index in [1.165, 1.54) is 103 Å². The van der Waals surface area contributed by atoms with Crippen LogP contribution in [0, 0.1) is 0 Å². The Morgan fingerprint density at radius 1 is 0.543 bits per heavy atom. The van der Waals surface area contributed by atoms with Gasteiger partial charge in [-0.25, -0.2) is 0 Å². The topological polar surface area (TPSA) is 0 Å². The van der Waals surface area contributed by atoms with Crippen molar-refractivity contribution < 1.29 is 0 Å². The van der Waals surface area contributed by atoms with Crippen molar-refractivity contribution in [3.05, 3.63) is 39.4 Å². The second-order valence-electron chi connectivity index (χ2n) is 10.6. The predicted molar refractivity (Wildman–Crippen MR) is 169 cm³/mol. The summed E-state index contributed by atoms with van der Waals surface area (Å²) in [5, 5.41) is 2.16. The molecule has 0 unspecified atom stereocenters. The fourth-order valence-corrected chi connectivity index (χ4v) is 26.1. The van der Waals surface area contributed by atoms with Gasteiger partial charge in [0.1, 0.15) is 0 Å². The molecule has 2 aromatic heterocycles. The van der Waals surface area contributed by atoms with E-state index in [2.05, 4.69) is 75.6 Å². The molecule has 0 atom stereocenters. The molecule has 0 nitrogen and oxygen atoms in total. The fraction of sp³-hybridized carbons (Fsp3) is 0.750. The van der Waals surface area contributed by atoms with Crippen molar-refractivity contribution in [3.8, 4) is 0 Å². The van der Waals surface area contributed by atoms with E-state index in [4.69, 9.17) is 0 Å². The second-order valence-corrected chi connectivity index (χ2v) is 26.9. The molecule has 0 aromatic carbocycles. The number of aryl methyl sites for hydroxylation is 2. The first kappa shape index (κ1) is 33.2. The largest absolute Gasteiger partial charge is 0.149 e. The molecule has 0 saturated carbocycles. The van der Waals surface area contributed by atoms with E-state index in [1.807, 2.05) is 14.2 Å². The molecule has 3 heteroatoms. The van der Waals surface area contributed by atoms with Crippen molar-refractivity contribution in [2.75, 3.05) is 0 Å². The summed E-state index contributed by atoms with van der Waals surface area (Å²) in [4.78, 5) is 3.23. The zero-order valence-corrected chi connectivity index (χ0v) is 28.6. The van der Waals surface area contributed by atoms with Gasteiger partial charge in [0.15, 0.2) is 0 Å². The van der Waals surface area contributed by atoms with E-state index >= 15 is 0 Å². The third kappa shape index (κ3) is 14.6. The molecule has 0 N–H and O–H groups in total. The first-order valence-corrected chi connectivity index (χ1v) is 24.4. The van der Waals surface area contributed by atoms with E-state index in [-0.39, 0.29) is 0 Å². The Morgan fingerprint density at radius 2 is 1.06 bits per heavy atom. The van der Waals surface area contributed by atoms with Gasteiger partial charge in [-0.2, -0.15) is 0 Å². The molecule has 0 saturated heterocycles. The summed E-state index contributed by atoms with van der Waals surface area (Å²) < 4.78 is 6.76. The maximum Gasteiger partial charge on any atom is 0.00452 e. The van der Waals surface area contributed by atoms with Gasteiger partial charge in [-0.1, -0.05) is 32.3 Å². The molecule has 0 bridgehead atoms. The van der Waals surface area contributed by atoms with Crippen molar-refractivity contribution in [1.29, 1.82) is 0 Å². The van der Waals surface area contributed by atoms with Crippen molar-refractivity contribution >= 4 is 43.9 Å². The predicted octanol–water partition coefficient (Wildman–Crippen LogP) is 11.8. The Hall–Kier alpha value is 0.199. The molecule has 2 rings (SSSR count). The average Bonchev–Trinajstić information content (AvgIpc) is 3.58. The van der Waals surface area contributed by atoms with E-state index < -0.39 is 18.4 Å². The maximum atomic E-state index is 2.59. The molecule has 202 valence electrons. The van der Waals surface area contributed by atoms with Crippen LogP contribution >= 0.6 is 22.7 Å². The van der Waals surface area contributed by atoms with E-state index in [1.54, 1.807) is 23.1 Å². The summed E-state index contributed by atoms with van der Waals surface area (Å²) in [6.45, 7) is 11.7. The van der Waals surface area contributed by atoms with Gasteiger partial charge >= 0.3 is 161 Å². The number of hydrogen-bond donors (Lipinski definition) is 0. The fourth-order valence-electron chi connectivity index (χ4n) is 4.99. The Morgan fingerprint density at radius 3 is 1.51 bits per heavy atom. The maximum absolute atomic E-state index is 2.59. The minimum absolute atomic E-state index is 1.29. The van der Waals surface area contributed by atoms with Crippen LogP contribution in [0.25, 0.3) is 0 Å². The zero-order valence-electron chi connectivity index (χ0n) is 24.1. The van der Waals surface area contributed by atoms with Crippen LogP contribution in [0.5, 0.6) is 0 Å². The van der Waals surface area contributed by atoms with Gasteiger partial charge in [0.2, 0.25) is 0 Å². The van der Waals surface area contributed by atoms with Crippen LogP contribution in [0.15, 0.2) is 29.6 Å². The summed E-state index contributed by atoms with van der Waals surface area (Å²) in [6, 6.07) is 9.47. The Balaban J connectivity index is 0.000000462. The molecule has 0 radical (unpaired) electrons. The Kier molecular flexibility index (Phi) is 21.1. The van der Waals surface area contributed by atoms with Crippen molar-refractivity contribution in [2.45, 2.75) is 151 Å². The minimum Gasteiger partial charge on any atom is -0.149 e. The molecule has 0 spiro atoms. The van der Waals surface area contributed by atoms with Gasteiger partial charge in [-0.05, 0) is 24.3 Å². The van der Waals surface area contributed by atoms with Crippen molar-refractivity contribution in [2.24, 2.45) is 0 Å². The second kappa shape index (κ2) is 22.2. The van der Waals surface area contributed by atoms with Gasteiger partial charge in [-0.15, -0.1) is 11.3 Å². The van der Waals surface area contributed by atoms with Crippen LogP contribution in [0.1, 0.15) is 134 Å². The van der Waals surface area contributed by atoms with Crippen molar-refractivity contribution in [3.63, 3.8) is 0 Å². The van der Waals surface area contributed by atoms with Crippen LogP contribution in [0.4, 0.5) is 0 Å². The number of hydrogen-bond acceptors (Lipinski definition) is 2. The standard InChI is InChI=1S/C10H16S.C10H15S.3C4H9.Sn/c2*1-2-3-4-5-7-10-8-6-9-11-10;3*1-3-4-2;/h6,8-9H,2-5,7H2,1H3;6,8H,2-5,7H2,1H3;3*1,3-4H2,2H3;. The van der Waals surface area contributed by atoms with Gasteiger partial charge < -0.3 is 0 Å². The van der Waals surface area contributed by atoms with E-state index in [0.717, 1.165) is 0 Å². The van der Waals surface area contributed by atoms with Gasteiger partial charge in [-0.3, -0.25) is 0 Å². The molecule has 0 amide bonds. The summed E-state index contributed by atoms with van der Waals surface area (Å²) in [5.74, 6) is 0. The normalized spacial score (nSPS) is 11.5. The molecule has 0 aliphatic heterocycles. The molecular formula is C32H58S2Sn. The first-order valence-electron chi connectivity index (χ1n) is 15.3. The average molecular weight is 626 g/mol. The van der Waals surface area contributed by atoms with E-state index in [9.17, 15) is 0 Å². The molecule has 35 heavy (non-hydrogen) atoms. The van der Waals surface area contributed by atoms with Crippen LogP contribution in [-0.2, 0) is 12.8 Å².